The average molecular weight is 494 g/mol. The number of hydrogen-bond acceptors (Lipinski definition) is 5. The second-order valence-corrected chi connectivity index (χ2v) is 10.4. The summed E-state index contributed by atoms with van der Waals surface area (Å²) in [5.74, 6) is 0.183. The van der Waals surface area contributed by atoms with Crippen LogP contribution in [0.25, 0.3) is 0 Å². The van der Waals surface area contributed by atoms with E-state index in [0.29, 0.717) is 18.0 Å². The van der Waals surface area contributed by atoms with E-state index in [9.17, 15) is 13.2 Å². The number of nitrogens with zero attached hydrogens (tertiary/aromatic N) is 2. The summed E-state index contributed by atoms with van der Waals surface area (Å²) < 4.78 is 33.3. The van der Waals surface area contributed by atoms with Gasteiger partial charge in [-0.15, -0.1) is 0 Å². The number of sulfonamides is 1. The second-order valence-electron chi connectivity index (χ2n) is 8.55. The minimum Gasteiger partial charge on any atom is -0.497 e. The largest absolute Gasteiger partial charge is 0.497 e. The number of benzene rings is 3. The van der Waals surface area contributed by atoms with Crippen LogP contribution in [0.15, 0.2) is 83.8 Å². The minimum absolute atomic E-state index is 0.0888. The Hall–Kier alpha value is -3.36. The molecule has 0 bridgehead atoms. The lowest BCUT2D eigenvalue weighted by Gasteiger charge is -2.24. The maximum absolute atomic E-state index is 13.5. The Kier molecular flexibility index (Phi) is 8.05. The van der Waals surface area contributed by atoms with Gasteiger partial charge in [-0.3, -0.25) is 14.0 Å². The van der Waals surface area contributed by atoms with E-state index in [1.54, 1.807) is 42.5 Å². The number of para-hydroxylation sites is 1. The quantitative estimate of drug-likeness (QED) is 0.465. The van der Waals surface area contributed by atoms with Gasteiger partial charge in [-0.2, -0.15) is 0 Å². The third-order valence-corrected chi connectivity index (χ3v) is 7.95. The third-order valence-electron chi connectivity index (χ3n) is 6.17. The van der Waals surface area contributed by atoms with Gasteiger partial charge in [0.05, 0.1) is 17.7 Å². The standard InChI is InChI=1S/C27H31N3O4S/c1-34-25-13-15-26(16-14-25)35(32,33)30(24-11-3-2-4-12-24)21-27(31)28-19-22-9-5-6-10-23(22)20-29-17-7-8-18-29/h2-6,9-16H,7-8,17-21H2,1H3,(H,28,31). The summed E-state index contributed by atoms with van der Waals surface area (Å²) in [4.78, 5) is 15.5. The van der Waals surface area contributed by atoms with Crippen LogP contribution in [-0.4, -0.2) is 46.0 Å². The lowest BCUT2D eigenvalue weighted by molar-refractivity contribution is -0.119. The lowest BCUT2D eigenvalue weighted by Crippen LogP contribution is -2.40. The van der Waals surface area contributed by atoms with Gasteiger partial charge in [-0.25, -0.2) is 8.42 Å². The summed E-state index contributed by atoms with van der Waals surface area (Å²) in [6.07, 6.45) is 2.44. The Balaban J connectivity index is 1.49. The topological polar surface area (TPSA) is 79.0 Å². The molecule has 1 aliphatic heterocycles. The van der Waals surface area contributed by atoms with Gasteiger partial charge in [0.15, 0.2) is 0 Å². The van der Waals surface area contributed by atoms with Gasteiger partial charge in [0, 0.05) is 13.1 Å². The van der Waals surface area contributed by atoms with Crippen LogP contribution in [0.5, 0.6) is 5.75 Å². The van der Waals surface area contributed by atoms with Gasteiger partial charge in [0.25, 0.3) is 10.0 Å². The highest BCUT2D eigenvalue weighted by Gasteiger charge is 2.27. The maximum atomic E-state index is 13.5. The number of anilines is 1. The Labute approximate surface area is 207 Å². The van der Waals surface area contributed by atoms with Gasteiger partial charge >= 0.3 is 0 Å². The first-order valence-corrected chi connectivity index (χ1v) is 13.2. The van der Waals surface area contributed by atoms with Gasteiger partial charge < -0.3 is 10.1 Å². The number of rotatable bonds is 10. The predicted octanol–water partition coefficient (Wildman–Crippen LogP) is 3.80. The van der Waals surface area contributed by atoms with Gasteiger partial charge in [-0.05, 0) is 73.5 Å². The molecule has 184 valence electrons. The summed E-state index contributed by atoms with van der Waals surface area (Å²) in [7, 11) is -2.45. The number of hydrogen-bond donors (Lipinski definition) is 1. The van der Waals surface area contributed by atoms with Crippen LogP contribution in [0.1, 0.15) is 24.0 Å². The molecule has 1 saturated heterocycles. The van der Waals surface area contributed by atoms with E-state index in [-0.39, 0.29) is 17.3 Å². The smallest absolute Gasteiger partial charge is 0.264 e. The Morgan fingerprint density at radius 3 is 2.20 bits per heavy atom. The monoisotopic (exact) mass is 493 g/mol. The van der Waals surface area contributed by atoms with E-state index in [4.69, 9.17) is 4.74 Å². The fourth-order valence-electron chi connectivity index (χ4n) is 4.23. The van der Waals surface area contributed by atoms with E-state index in [1.807, 2.05) is 18.2 Å². The number of carbonyl (C=O) groups excluding carboxylic acids is 1. The number of nitrogens with one attached hydrogen (secondary N) is 1. The molecule has 0 aromatic heterocycles. The molecule has 3 aromatic rings. The molecule has 1 fully saturated rings. The lowest BCUT2D eigenvalue weighted by atomic mass is 10.1. The van der Waals surface area contributed by atoms with Crippen LogP contribution in [0.2, 0.25) is 0 Å². The Morgan fingerprint density at radius 1 is 0.914 bits per heavy atom. The molecule has 7 nitrogen and oxygen atoms in total. The van der Waals surface area contributed by atoms with Gasteiger partial charge in [0.2, 0.25) is 5.91 Å². The molecular weight excluding hydrogens is 462 g/mol. The number of ether oxygens (including phenoxy) is 1. The van der Waals surface area contributed by atoms with Crippen molar-refractivity contribution >= 4 is 21.6 Å². The van der Waals surface area contributed by atoms with Crippen molar-refractivity contribution in [3.05, 3.63) is 90.0 Å². The zero-order valence-electron chi connectivity index (χ0n) is 19.9. The van der Waals surface area contributed by atoms with E-state index in [2.05, 4.69) is 16.3 Å². The molecule has 8 heteroatoms. The molecule has 1 N–H and O–H groups in total. The van der Waals surface area contributed by atoms with Crippen molar-refractivity contribution in [3.63, 3.8) is 0 Å². The molecule has 35 heavy (non-hydrogen) atoms. The van der Waals surface area contributed by atoms with E-state index < -0.39 is 10.0 Å². The zero-order valence-corrected chi connectivity index (χ0v) is 20.7. The highest BCUT2D eigenvalue weighted by Crippen LogP contribution is 2.25. The van der Waals surface area contributed by atoms with E-state index >= 15 is 0 Å². The molecule has 1 aliphatic rings. The van der Waals surface area contributed by atoms with Crippen LogP contribution in [0, 0.1) is 0 Å². The van der Waals surface area contributed by atoms with Crippen molar-refractivity contribution < 1.29 is 17.9 Å². The van der Waals surface area contributed by atoms with Crippen LogP contribution < -0.4 is 14.4 Å². The predicted molar refractivity (Wildman–Crippen MR) is 137 cm³/mol. The summed E-state index contributed by atoms with van der Waals surface area (Å²) in [5, 5.41) is 2.92. The normalized spacial score (nSPS) is 14.0. The van der Waals surface area contributed by atoms with Crippen molar-refractivity contribution in [1.82, 2.24) is 10.2 Å². The van der Waals surface area contributed by atoms with Crippen molar-refractivity contribution in [2.24, 2.45) is 0 Å². The van der Waals surface area contributed by atoms with Crippen LogP contribution >= 0.6 is 0 Å². The van der Waals surface area contributed by atoms with Crippen molar-refractivity contribution in [2.75, 3.05) is 31.0 Å². The molecule has 0 unspecified atom stereocenters. The van der Waals surface area contributed by atoms with Crippen LogP contribution in [0.3, 0.4) is 0 Å². The highest BCUT2D eigenvalue weighted by atomic mass is 32.2. The molecule has 0 radical (unpaired) electrons. The molecule has 4 rings (SSSR count). The maximum Gasteiger partial charge on any atom is 0.264 e. The number of carbonyl (C=O) groups is 1. The molecule has 3 aromatic carbocycles. The molecule has 0 spiro atoms. The summed E-state index contributed by atoms with van der Waals surface area (Å²) in [6, 6.07) is 22.9. The van der Waals surface area contributed by atoms with E-state index in [0.717, 1.165) is 29.5 Å². The second kappa shape index (κ2) is 11.4. The molecule has 1 heterocycles. The summed E-state index contributed by atoms with van der Waals surface area (Å²) in [6.45, 7) is 3.06. The average Bonchev–Trinajstić information content (AvgIpc) is 3.40. The molecule has 0 atom stereocenters. The number of likely N-dealkylation sites (tertiary alicyclic amines) is 1. The molecule has 0 aliphatic carbocycles. The highest BCUT2D eigenvalue weighted by molar-refractivity contribution is 7.92. The molecule has 0 saturated carbocycles. The first-order valence-electron chi connectivity index (χ1n) is 11.7. The minimum atomic E-state index is -3.97. The zero-order chi connectivity index (χ0) is 24.7. The fourth-order valence-corrected chi connectivity index (χ4v) is 5.65. The third kappa shape index (κ3) is 6.21. The van der Waals surface area contributed by atoms with Crippen molar-refractivity contribution in [1.29, 1.82) is 0 Å². The fraction of sp³-hybridized carbons (Fsp3) is 0.296. The van der Waals surface area contributed by atoms with Gasteiger partial charge in [-0.1, -0.05) is 42.5 Å². The number of amides is 1. The molecular formula is C27H31N3O4S. The van der Waals surface area contributed by atoms with Crippen molar-refractivity contribution in [2.45, 2.75) is 30.8 Å². The number of methoxy groups -OCH3 is 1. The summed E-state index contributed by atoms with van der Waals surface area (Å²) >= 11 is 0. The first-order chi connectivity index (χ1) is 17.0. The van der Waals surface area contributed by atoms with Crippen LogP contribution in [-0.2, 0) is 27.9 Å². The van der Waals surface area contributed by atoms with E-state index in [1.165, 1.54) is 37.6 Å². The Morgan fingerprint density at radius 2 is 1.54 bits per heavy atom. The Bertz CT molecular complexity index is 1220. The van der Waals surface area contributed by atoms with Crippen molar-refractivity contribution in [3.8, 4) is 5.75 Å². The first kappa shape index (κ1) is 24.8. The van der Waals surface area contributed by atoms with Gasteiger partial charge in [0.1, 0.15) is 12.3 Å². The SMILES string of the molecule is COc1ccc(S(=O)(=O)N(CC(=O)NCc2ccccc2CN2CCCC2)c2ccccc2)cc1. The molecule has 1 amide bonds. The summed E-state index contributed by atoms with van der Waals surface area (Å²) in [5.41, 5.74) is 2.64. The van der Waals surface area contributed by atoms with Crippen LogP contribution in [0.4, 0.5) is 5.69 Å².